The van der Waals surface area contributed by atoms with Crippen LogP contribution in [0.5, 0.6) is 0 Å². The highest BCUT2D eigenvalue weighted by atomic mass is 35.5. The molecule has 0 aliphatic rings. The monoisotopic (exact) mass is 223 g/mol. The van der Waals surface area contributed by atoms with E-state index in [9.17, 15) is 4.79 Å². The zero-order valence-electron chi connectivity index (χ0n) is 8.41. The first-order chi connectivity index (χ1) is 7.02. The Hall–Kier alpha value is -1.48. The van der Waals surface area contributed by atoms with Crippen molar-refractivity contribution in [3.8, 4) is 0 Å². The normalized spacial score (nSPS) is 10.9. The number of fused-ring (bicyclic) bond motifs is 1. The van der Waals surface area contributed by atoms with Crippen LogP contribution in [0.15, 0.2) is 18.3 Å². The topological polar surface area (TPSA) is 42.2 Å². The van der Waals surface area contributed by atoms with Gasteiger partial charge in [0, 0.05) is 24.1 Å². The Kier molecular flexibility index (Phi) is 2.20. The van der Waals surface area contributed by atoms with Gasteiger partial charge in [-0.25, -0.2) is 4.79 Å². The molecule has 1 aromatic carbocycles. The van der Waals surface area contributed by atoms with Crippen LogP contribution < -0.4 is 0 Å². The molecule has 0 aliphatic heterocycles. The average Bonchev–Trinajstić information content (AvgIpc) is 2.53. The van der Waals surface area contributed by atoms with Gasteiger partial charge in [-0.05, 0) is 24.6 Å². The number of rotatable bonds is 1. The third kappa shape index (κ3) is 1.39. The summed E-state index contributed by atoms with van der Waals surface area (Å²) >= 11 is 5.99. The summed E-state index contributed by atoms with van der Waals surface area (Å²) in [5.41, 5.74) is 1.85. The number of carboxylic acid groups (broad SMARTS) is 1. The molecule has 0 unspecified atom stereocenters. The van der Waals surface area contributed by atoms with Crippen LogP contribution in [0.25, 0.3) is 10.9 Å². The molecule has 1 N–H and O–H groups in total. The highest BCUT2D eigenvalue weighted by Gasteiger charge is 2.15. The van der Waals surface area contributed by atoms with Crippen molar-refractivity contribution in [2.24, 2.45) is 7.05 Å². The van der Waals surface area contributed by atoms with Gasteiger partial charge in [-0.1, -0.05) is 11.6 Å². The second-order valence-corrected chi connectivity index (χ2v) is 3.91. The quantitative estimate of drug-likeness (QED) is 0.808. The molecule has 78 valence electrons. The van der Waals surface area contributed by atoms with E-state index in [1.54, 1.807) is 6.07 Å². The van der Waals surface area contributed by atoms with Gasteiger partial charge in [0.2, 0.25) is 0 Å². The Balaban J connectivity index is 2.91. The summed E-state index contributed by atoms with van der Waals surface area (Å²) < 4.78 is 1.88. The van der Waals surface area contributed by atoms with E-state index in [1.165, 1.54) is 0 Å². The minimum absolute atomic E-state index is 0.156. The fourth-order valence-electron chi connectivity index (χ4n) is 1.71. The van der Waals surface area contributed by atoms with E-state index in [2.05, 4.69) is 0 Å². The largest absolute Gasteiger partial charge is 0.478 e. The van der Waals surface area contributed by atoms with Crippen LogP contribution in [0, 0.1) is 6.92 Å². The van der Waals surface area contributed by atoms with Crippen LogP contribution in [0.2, 0.25) is 5.02 Å². The predicted molar refractivity (Wildman–Crippen MR) is 59.6 cm³/mol. The minimum Gasteiger partial charge on any atom is -0.478 e. The van der Waals surface area contributed by atoms with Crippen LogP contribution in [-0.2, 0) is 7.05 Å². The summed E-state index contributed by atoms with van der Waals surface area (Å²) in [6, 6.07) is 3.54. The highest BCUT2D eigenvalue weighted by Crippen LogP contribution is 2.29. The molecule has 2 rings (SSSR count). The van der Waals surface area contributed by atoms with Crippen molar-refractivity contribution in [2.75, 3.05) is 0 Å². The lowest BCUT2D eigenvalue weighted by molar-refractivity contribution is 0.0697. The maximum Gasteiger partial charge on any atom is 0.337 e. The Labute approximate surface area is 91.9 Å². The van der Waals surface area contributed by atoms with Crippen molar-refractivity contribution in [1.29, 1.82) is 0 Å². The van der Waals surface area contributed by atoms with E-state index in [1.807, 2.05) is 30.8 Å². The SMILES string of the molecule is Cc1c(Cl)c(C(=O)O)cc2c1ccn2C. The summed E-state index contributed by atoms with van der Waals surface area (Å²) in [5.74, 6) is -0.994. The maximum atomic E-state index is 11.0. The molecule has 0 fully saturated rings. The summed E-state index contributed by atoms with van der Waals surface area (Å²) in [6.07, 6.45) is 1.89. The first kappa shape index (κ1) is 10.1. The molecule has 1 heterocycles. The molecule has 4 heteroatoms. The third-order valence-corrected chi connectivity index (χ3v) is 3.09. The van der Waals surface area contributed by atoms with Crippen molar-refractivity contribution in [3.05, 3.63) is 34.5 Å². The fourth-order valence-corrected chi connectivity index (χ4v) is 1.95. The van der Waals surface area contributed by atoms with Crippen LogP contribution in [0.4, 0.5) is 0 Å². The maximum absolute atomic E-state index is 11.0. The van der Waals surface area contributed by atoms with Gasteiger partial charge < -0.3 is 9.67 Å². The van der Waals surface area contributed by atoms with E-state index in [-0.39, 0.29) is 5.56 Å². The number of aromatic carboxylic acids is 1. The molecule has 0 bridgehead atoms. The number of carbonyl (C=O) groups is 1. The Morgan fingerprint density at radius 1 is 1.53 bits per heavy atom. The van der Waals surface area contributed by atoms with E-state index in [4.69, 9.17) is 16.7 Å². The molecule has 2 aromatic rings. The molecule has 0 spiro atoms. The van der Waals surface area contributed by atoms with Crippen molar-refractivity contribution < 1.29 is 9.90 Å². The van der Waals surface area contributed by atoms with Gasteiger partial charge in [-0.15, -0.1) is 0 Å². The second kappa shape index (κ2) is 3.28. The zero-order chi connectivity index (χ0) is 11.2. The lowest BCUT2D eigenvalue weighted by atomic mass is 10.1. The minimum atomic E-state index is -0.994. The molecule has 0 saturated carbocycles. The summed E-state index contributed by atoms with van der Waals surface area (Å²) in [4.78, 5) is 11.0. The number of halogens is 1. The van der Waals surface area contributed by atoms with Gasteiger partial charge in [-0.2, -0.15) is 0 Å². The van der Waals surface area contributed by atoms with Gasteiger partial charge >= 0.3 is 5.97 Å². The highest BCUT2D eigenvalue weighted by molar-refractivity contribution is 6.35. The molecule has 0 amide bonds. The number of aryl methyl sites for hydroxylation is 2. The van der Waals surface area contributed by atoms with Crippen molar-refractivity contribution in [3.63, 3.8) is 0 Å². The molecule has 0 atom stereocenters. The summed E-state index contributed by atoms with van der Waals surface area (Å²) in [7, 11) is 1.88. The lowest BCUT2D eigenvalue weighted by Crippen LogP contribution is -2.00. The van der Waals surface area contributed by atoms with E-state index < -0.39 is 5.97 Å². The van der Waals surface area contributed by atoms with E-state index in [0.717, 1.165) is 16.5 Å². The van der Waals surface area contributed by atoms with Crippen molar-refractivity contribution >= 4 is 28.5 Å². The number of aromatic nitrogens is 1. The number of nitrogens with zero attached hydrogens (tertiary/aromatic N) is 1. The molecular weight excluding hydrogens is 214 g/mol. The molecule has 0 saturated heterocycles. The van der Waals surface area contributed by atoms with Crippen LogP contribution in [0.1, 0.15) is 15.9 Å². The van der Waals surface area contributed by atoms with Crippen LogP contribution >= 0.6 is 11.6 Å². The van der Waals surface area contributed by atoms with Gasteiger partial charge in [0.1, 0.15) is 0 Å². The number of hydrogen-bond acceptors (Lipinski definition) is 1. The first-order valence-electron chi connectivity index (χ1n) is 4.50. The number of hydrogen-bond donors (Lipinski definition) is 1. The summed E-state index contributed by atoms with van der Waals surface area (Å²) in [5, 5.41) is 10.3. The predicted octanol–water partition coefficient (Wildman–Crippen LogP) is 2.84. The van der Waals surface area contributed by atoms with E-state index >= 15 is 0 Å². The van der Waals surface area contributed by atoms with Gasteiger partial charge in [0.15, 0.2) is 0 Å². The fraction of sp³-hybridized carbons (Fsp3) is 0.182. The van der Waals surface area contributed by atoms with Crippen LogP contribution in [-0.4, -0.2) is 15.6 Å². The molecular formula is C11H10ClNO2. The standard InChI is InChI=1S/C11H10ClNO2/c1-6-7-3-4-13(2)9(7)5-8(10(6)12)11(14)15/h3-5H,1-2H3,(H,14,15). The molecule has 0 radical (unpaired) electrons. The molecule has 1 aromatic heterocycles. The van der Waals surface area contributed by atoms with E-state index in [0.29, 0.717) is 5.02 Å². The second-order valence-electron chi connectivity index (χ2n) is 3.53. The Bertz CT molecular complexity index is 557. The Morgan fingerprint density at radius 2 is 2.20 bits per heavy atom. The number of carboxylic acids is 1. The van der Waals surface area contributed by atoms with Gasteiger partial charge in [-0.3, -0.25) is 0 Å². The Morgan fingerprint density at radius 3 is 2.80 bits per heavy atom. The smallest absolute Gasteiger partial charge is 0.337 e. The van der Waals surface area contributed by atoms with Crippen molar-refractivity contribution in [2.45, 2.75) is 6.92 Å². The zero-order valence-corrected chi connectivity index (χ0v) is 9.17. The first-order valence-corrected chi connectivity index (χ1v) is 4.87. The summed E-state index contributed by atoms with van der Waals surface area (Å²) in [6.45, 7) is 1.83. The van der Waals surface area contributed by atoms with Gasteiger partial charge in [0.25, 0.3) is 0 Å². The van der Waals surface area contributed by atoms with Gasteiger partial charge in [0.05, 0.1) is 10.6 Å². The average molecular weight is 224 g/mol. The molecule has 3 nitrogen and oxygen atoms in total. The number of benzene rings is 1. The lowest BCUT2D eigenvalue weighted by Gasteiger charge is -2.06. The van der Waals surface area contributed by atoms with Crippen molar-refractivity contribution in [1.82, 2.24) is 4.57 Å². The third-order valence-electron chi connectivity index (χ3n) is 2.60. The van der Waals surface area contributed by atoms with Crippen LogP contribution in [0.3, 0.4) is 0 Å². The molecule has 0 aliphatic carbocycles. The molecule has 15 heavy (non-hydrogen) atoms.